The van der Waals surface area contributed by atoms with Gasteiger partial charge in [0.1, 0.15) is 0 Å². The zero-order valence-corrected chi connectivity index (χ0v) is 24.0. The minimum absolute atomic E-state index is 0.0682. The van der Waals surface area contributed by atoms with Crippen LogP contribution in [0.1, 0.15) is 49.9 Å². The minimum atomic E-state index is -3.78. The Morgan fingerprint density at radius 1 is 1.05 bits per heavy atom. The van der Waals surface area contributed by atoms with Crippen LogP contribution in [0.15, 0.2) is 83.8 Å². The highest BCUT2D eigenvalue weighted by atomic mass is 32.2. The van der Waals surface area contributed by atoms with E-state index in [1.165, 1.54) is 0 Å². The van der Waals surface area contributed by atoms with Crippen molar-refractivity contribution in [3.8, 4) is 0 Å². The van der Waals surface area contributed by atoms with E-state index in [1.54, 1.807) is 42.3 Å². The molecule has 1 amide bonds. The minimum Gasteiger partial charge on any atom is -0.392 e. The second-order valence-electron chi connectivity index (χ2n) is 11.4. The summed E-state index contributed by atoms with van der Waals surface area (Å²) >= 11 is 0. The lowest BCUT2D eigenvalue weighted by Gasteiger charge is -2.32. The van der Waals surface area contributed by atoms with Crippen molar-refractivity contribution in [1.29, 1.82) is 0 Å². The molecule has 1 fully saturated rings. The van der Waals surface area contributed by atoms with Gasteiger partial charge in [0.15, 0.2) is 0 Å². The van der Waals surface area contributed by atoms with Gasteiger partial charge in [-0.2, -0.15) is 0 Å². The Labute approximate surface area is 232 Å². The summed E-state index contributed by atoms with van der Waals surface area (Å²) in [6, 6.07) is 23.6. The van der Waals surface area contributed by atoms with E-state index in [1.807, 2.05) is 48.5 Å². The quantitative estimate of drug-likeness (QED) is 0.407. The number of carbonyl (C=O) groups is 1. The average molecular weight is 550 g/mol. The van der Waals surface area contributed by atoms with Crippen LogP contribution in [0.25, 0.3) is 0 Å². The van der Waals surface area contributed by atoms with Crippen LogP contribution in [0.5, 0.6) is 0 Å². The SMILES string of the molecule is CN(C(=O)Cc1cccc(NS(=O)(=O)c2ccc(C(C)(C)C)cc2)c1)[C@H](CN1CC[C@H](O)C1)c1ccccc1. The third-order valence-corrected chi connectivity index (χ3v) is 8.69. The second-order valence-corrected chi connectivity index (χ2v) is 13.1. The number of rotatable bonds is 9. The van der Waals surface area contributed by atoms with E-state index in [9.17, 15) is 18.3 Å². The highest BCUT2D eigenvalue weighted by molar-refractivity contribution is 7.92. The van der Waals surface area contributed by atoms with E-state index in [0.717, 1.165) is 29.7 Å². The van der Waals surface area contributed by atoms with Gasteiger partial charge in [0.2, 0.25) is 5.91 Å². The number of carbonyl (C=O) groups excluding carboxylic acids is 1. The molecule has 4 rings (SSSR count). The molecule has 3 aromatic carbocycles. The molecule has 0 bridgehead atoms. The maximum absolute atomic E-state index is 13.4. The Morgan fingerprint density at radius 3 is 2.36 bits per heavy atom. The summed E-state index contributed by atoms with van der Waals surface area (Å²) in [6.45, 7) is 8.28. The molecule has 0 saturated carbocycles. The molecule has 7 nitrogen and oxygen atoms in total. The second kappa shape index (κ2) is 11.9. The first-order valence-corrected chi connectivity index (χ1v) is 14.8. The summed E-state index contributed by atoms with van der Waals surface area (Å²) in [5, 5.41) is 9.98. The van der Waals surface area contributed by atoms with E-state index < -0.39 is 10.0 Å². The van der Waals surface area contributed by atoms with Gasteiger partial charge in [-0.15, -0.1) is 0 Å². The Bertz CT molecular complexity index is 1370. The molecule has 8 heteroatoms. The highest BCUT2D eigenvalue weighted by Gasteiger charge is 2.28. The van der Waals surface area contributed by atoms with Gasteiger partial charge in [-0.3, -0.25) is 14.4 Å². The third-order valence-electron chi connectivity index (χ3n) is 7.29. The van der Waals surface area contributed by atoms with Crippen LogP contribution in [-0.2, 0) is 26.7 Å². The fourth-order valence-electron chi connectivity index (χ4n) is 4.92. The van der Waals surface area contributed by atoms with Crippen LogP contribution in [0.3, 0.4) is 0 Å². The van der Waals surface area contributed by atoms with Crippen molar-refractivity contribution in [1.82, 2.24) is 9.80 Å². The summed E-state index contributed by atoms with van der Waals surface area (Å²) in [5.74, 6) is -0.0682. The molecule has 0 unspecified atom stereocenters. The van der Waals surface area contributed by atoms with Crippen LogP contribution < -0.4 is 4.72 Å². The van der Waals surface area contributed by atoms with Crippen molar-refractivity contribution in [3.05, 3.63) is 95.6 Å². The Balaban J connectivity index is 1.46. The monoisotopic (exact) mass is 549 g/mol. The van der Waals surface area contributed by atoms with E-state index in [4.69, 9.17) is 0 Å². The molecule has 208 valence electrons. The summed E-state index contributed by atoms with van der Waals surface area (Å²) in [4.78, 5) is 17.6. The molecule has 0 radical (unpaired) electrons. The maximum Gasteiger partial charge on any atom is 0.261 e. The number of hydrogen-bond acceptors (Lipinski definition) is 5. The lowest BCUT2D eigenvalue weighted by atomic mass is 9.87. The van der Waals surface area contributed by atoms with Crippen LogP contribution in [-0.4, -0.2) is 62.0 Å². The molecule has 39 heavy (non-hydrogen) atoms. The average Bonchev–Trinajstić information content (AvgIpc) is 3.31. The lowest BCUT2D eigenvalue weighted by molar-refractivity contribution is -0.131. The van der Waals surface area contributed by atoms with Gasteiger partial charge in [0, 0.05) is 32.4 Å². The van der Waals surface area contributed by atoms with E-state index in [2.05, 4.69) is 30.4 Å². The van der Waals surface area contributed by atoms with Crippen molar-refractivity contribution in [2.24, 2.45) is 0 Å². The van der Waals surface area contributed by atoms with Gasteiger partial charge < -0.3 is 10.0 Å². The number of nitrogens with one attached hydrogen (secondary N) is 1. The molecule has 2 atom stereocenters. The van der Waals surface area contributed by atoms with Gasteiger partial charge >= 0.3 is 0 Å². The maximum atomic E-state index is 13.4. The van der Waals surface area contributed by atoms with Crippen LogP contribution in [0, 0.1) is 0 Å². The summed E-state index contributed by atoms with van der Waals surface area (Å²) < 4.78 is 28.7. The van der Waals surface area contributed by atoms with Crippen molar-refractivity contribution in [3.63, 3.8) is 0 Å². The largest absolute Gasteiger partial charge is 0.392 e. The summed E-state index contributed by atoms with van der Waals surface area (Å²) in [6.07, 6.45) is 0.548. The van der Waals surface area contributed by atoms with Crippen LogP contribution >= 0.6 is 0 Å². The number of β-amino-alcohol motifs (C(OH)–C–C–N with tert-alkyl or cyclic N) is 1. The molecule has 0 spiro atoms. The number of sulfonamides is 1. The highest BCUT2D eigenvalue weighted by Crippen LogP contribution is 2.26. The van der Waals surface area contributed by atoms with Crippen molar-refractivity contribution in [2.75, 3.05) is 31.4 Å². The number of likely N-dealkylation sites (N-methyl/N-ethyl adjacent to an activating group) is 1. The van der Waals surface area contributed by atoms with E-state index in [0.29, 0.717) is 18.8 Å². The van der Waals surface area contributed by atoms with E-state index in [-0.39, 0.29) is 34.8 Å². The first-order valence-electron chi connectivity index (χ1n) is 13.4. The topological polar surface area (TPSA) is 90.0 Å². The summed E-state index contributed by atoms with van der Waals surface area (Å²) in [7, 11) is -1.97. The Hall–Kier alpha value is -3.20. The van der Waals surface area contributed by atoms with Gasteiger partial charge in [-0.05, 0) is 52.8 Å². The molecule has 3 aromatic rings. The van der Waals surface area contributed by atoms with Crippen LogP contribution in [0.2, 0.25) is 0 Å². The van der Waals surface area contributed by atoms with Gasteiger partial charge in [0.05, 0.1) is 23.5 Å². The lowest BCUT2D eigenvalue weighted by Crippen LogP contribution is -2.39. The van der Waals surface area contributed by atoms with Crippen LogP contribution in [0.4, 0.5) is 5.69 Å². The van der Waals surface area contributed by atoms with Crippen molar-refractivity contribution in [2.45, 2.75) is 56.1 Å². The zero-order chi connectivity index (χ0) is 28.2. The molecule has 0 aliphatic carbocycles. The molecule has 0 aromatic heterocycles. The number of hydrogen-bond donors (Lipinski definition) is 2. The smallest absolute Gasteiger partial charge is 0.261 e. The first-order chi connectivity index (χ1) is 18.4. The Morgan fingerprint density at radius 2 is 1.74 bits per heavy atom. The molecular formula is C31H39N3O4S. The standard InChI is InChI=1S/C31H39N3O4S/c1-31(2,3)25-13-15-28(16-14-25)39(37,38)32-26-12-8-9-23(19-26)20-30(36)33(4)29(24-10-6-5-7-11-24)22-34-18-17-27(35)21-34/h5-16,19,27,29,32,35H,17-18,20-22H2,1-4H3/t27-,29+/m0/s1. The number of anilines is 1. The number of amides is 1. The normalized spacial score (nSPS) is 17.1. The molecule has 1 aliphatic heterocycles. The van der Waals surface area contributed by atoms with Crippen molar-refractivity contribution < 1.29 is 18.3 Å². The fourth-order valence-corrected chi connectivity index (χ4v) is 5.96. The van der Waals surface area contributed by atoms with E-state index >= 15 is 0 Å². The molecule has 1 saturated heterocycles. The molecular weight excluding hydrogens is 510 g/mol. The van der Waals surface area contributed by atoms with Crippen molar-refractivity contribution >= 4 is 21.6 Å². The number of likely N-dealkylation sites (tertiary alicyclic amines) is 1. The predicted octanol–water partition coefficient (Wildman–Crippen LogP) is 4.59. The van der Waals surface area contributed by atoms with Gasteiger partial charge in [0.25, 0.3) is 10.0 Å². The number of benzene rings is 3. The molecule has 1 aliphatic rings. The van der Waals surface area contributed by atoms with Gasteiger partial charge in [-0.25, -0.2) is 8.42 Å². The molecule has 2 N–H and O–H groups in total. The summed E-state index contributed by atoms with van der Waals surface area (Å²) in [5.41, 5.74) is 3.15. The fraction of sp³-hybridized carbons (Fsp3) is 0.387. The predicted molar refractivity (Wildman–Crippen MR) is 155 cm³/mol. The Kier molecular flexibility index (Phi) is 8.79. The molecule has 1 heterocycles. The third kappa shape index (κ3) is 7.47. The first kappa shape index (κ1) is 28.8. The number of aliphatic hydroxyl groups is 1. The van der Waals surface area contributed by atoms with Gasteiger partial charge in [-0.1, -0.05) is 75.4 Å². The number of aliphatic hydroxyl groups excluding tert-OH is 1. The zero-order valence-electron chi connectivity index (χ0n) is 23.2. The number of nitrogens with zero attached hydrogens (tertiary/aromatic N) is 2.